The fourth-order valence-corrected chi connectivity index (χ4v) is 1.14. The zero-order valence-electron chi connectivity index (χ0n) is 4.28. The molecule has 0 aromatic carbocycles. The highest BCUT2D eigenvalue weighted by atomic mass is 15.2. The first-order chi connectivity index (χ1) is 3.41. The predicted octanol–water partition coefficient (Wildman–Crippen LogP) is 0.678. The summed E-state index contributed by atoms with van der Waals surface area (Å²) in [6.45, 7) is 1.23. The topological polar surface area (TPSA) is 21.9 Å². The van der Waals surface area contributed by atoms with Crippen LogP contribution in [-0.2, 0) is 0 Å². The van der Waals surface area contributed by atoms with Gasteiger partial charge in [0, 0.05) is 12.1 Å². The van der Waals surface area contributed by atoms with Gasteiger partial charge in [0.25, 0.3) is 0 Å². The first-order valence-corrected chi connectivity index (χ1v) is 2.84. The van der Waals surface area contributed by atoms with Gasteiger partial charge in [0.15, 0.2) is 0 Å². The molecule has 1 heteroatoms. The Bertz CT molecular complexity index is 111. The molecule has 0 aromatic rings. The van der Waals surface area contributed by atoms with E-state index < -0.39 is 0 Å². The first-order valence-electron chi connectivity index (χ1n) is 2.84. The van der Waals surface area contributed by atoms with E-state index in [-0.39, 0.29) is 0 Å². The van der Waals surface area contributed by atoms with Gasteiger partial charge >= 0.3 is 0 Å². The Kier molecular flexibility index (Phi) is 0.482. The van der Waals surface area contributed by atoms with E-state index in [4.69, 9.17) is 0 Å². The second kappa shape index (κ2) is 0.920. The van der Waals surface area contributed by atoms with E-state index >= 15 is 0 Å². The monoisotopic (exact) mass is 95.1 g/mol. The number of nitrogens with one attached hydrogen (secondary N) is 1. The highest BCUT2D eigenvalue weighted by Gasteiger charge is 2.40. The molecule has 38 valence electrons. The molecule has 1 aliphatic heterocycles. The van der Waals surface area contributed by atoms with Gasteiger partial charge in [-0.05, 0) is 12.8 Å². The fraction of sp³-hybridized carbons (Fsp3) is 0.667. The van der Waals surface area contributed by atoms with Crippen LogP contribution in [0.15, 0.2) is 12.2 Å². The van der Waals surface area contributed by atoms with E-state index in [0.29, 0.717) is 5.54 Å². The molecular weight excluding hydrogens is 86.1 g/mol. The van der Waals surface area contributed by atoms with Crippen molar-refractivity contribution in [1.29, 1.82) is 0 Å². The second-order valence-corrected chi connectivity index (χ2v) is 2.45. The predicted molar refractivity (Wildman–Crippen MR) is 29.1 cm³/mol. The lowest BCUT2D eigenvalue weighted by Crippen LogP contribution is -2.04. The SMILES string of the molecule is C1=CC2(CC1)CN2. The van der Waals surface area contributed by atoms with Gasteiger partial charge in [-0.2, -0.15) is 0 Å². The number of hydrogen-bond acceptors (Lipinski definition) is 1. The lowest BCUT2D eigenvalue weighted by molar-refractivity contribution is 0.741. The van der Waals surface area contributed by atoms with Crippen LogP contribution in [0.25, 0.3) is 0 Å². The molecule has 2 aliphatic rings. The van der Waals surface area contributed by atoms with E-state index in [0.717, 1.165) is 0 Å². The summed E-state index contributed by atoms with van der Waals surface area (Å²) in [6.07, 6.45) is 7.19. The Morgan fingerprint density at radius 3 is 2.71 bits per heavy atom. The van der Waals surface area contributed by atoms with Crippen LogP contribution in [0.5, 0.6) is 0 Å². The third-order valence-corrected chi connectivity index (χ3v) is 1.82. The van der Waals surface area contributed by atoms with Gasteiger partial charge in [0.1, 0.15) is 0 Å². The maximum atomic E-state index is 3.32. The third kappa shape index (κ3) is 0.416. The van der Waals surface area contributed by atoms with E-state index in [1.165, 1.54) is 19.4 Å². The van der Waals surface area contributed by atoms with Crippen molar-refractivity contribution in [1.82, 2.24) is 5.32 Å². The maximum Gasteiger partial charge on any atom is 0.0494 e. The summed E-state index contributed by atoms with van der Waals surface area (Å²) >= 11 is 0. The fourth-order valence-electron chi connectivity index (χ4n) is 1.14. The van der Waals surface area contributed by atoms with Crippen molar-refractivity contribution >= 4 is 0 Å². The molecule has 7 heavy (non-hydrogen) atoms. The smallest absolute Gasteiger partial charge is 0.0494 e. The molecule has 1 saturated heterocycles. The van der Waals surface area contributed by atoms with Gasteiger partial charge in [0.2, 0.25) is 0 Å². The van der Waals surface area contributed by atoms with Gasteiger partial charge in [-0.15, -0.1) is 0 Å². The van der Waals surface area contributed by atoms with Crippen molar-refractivity contribution in [3.63, 3.8) is 0 Å². The zero-order valence-corrected chi connectivity index (χ0v) is 4.28. The molecule has 1 atom stereocenters. The van der Waals surface area contributed by atoms with Crippen LogP contribution < -0.4 is 5.32 Å². The van der Waals surface area contributed by atoms with Crippen LogP contribution >= 0.6 is 0 Å². The van der Waals surface area contributed by atoms with Crippen molar-refractivity contribution in [2.75, 3.05) is 6.54 Å². The van der Waals surface area contributed by atoms with Crippen LogP contribution in [0.3, 0.4) is 0 Å². The van der Waals surface area contributed by atoms with E-state index in [9.17, 15) is 0 Å². The Morgan fingerprint density at radius 1 is 1.57 bits per heavy atom. The number of hydrogen-bond donors (Lipinski definition) is 1. The van der Waals surface area contributed by atoms with Crippen molar-refractivity contribution in [2.45, 2.75) is 18.4 Å². The third-order valence-electron chi connectivity index (χ3n) is 1.82. The molecule has 1 heterocycles. The highest BCUT2D eigenvalue weighted by Crippen LogP contribution is 2.30. The molecule has 1 spiro atoms. The largest absolute Gasteiger partial charge is 0.305 e. The van der Waals surface area contributed by atoms with Crippen LogP contribution in [0, 0.1) is 0 Å². The average molecular weight is 95.1 g/mol. The molecule has 0 amide bonds. The minimum atomic E-state index is 0.514. The normalized spacial score (nSPS) is 45.7. The minimum absolute atomic E-state index is 0.514. The summed E-state index contributed by atoms with van der Waals surface area (Å²) in [4.78, 5) is 0. The van der Waals surface area contributed by atoms with Gasteiger partial charge in [-0.25, -0.2) is 0 Å². The summed E-state index contributed by atoms with van der Waals surface area (Å²) in [5.41, 5.74) is 0.514. The highest BCUT2D eigenvalue weighted by molar-refractivity contribution is 5.22. The summed E-state index contributed by atoms with van der Waals surface area (Å²) in [5, 5.41) is 3.32. The summed E-state index contributed by atoms with van der Waals surface area (Å²) in [5.74, 6) is 0. The van der Waals surface area contributed by atoms with Crippen LogP contribution in [0.1, 0.15) is 12.8 Å². The van der Waals surface area contributed by atoms with Crippen molar-refractivity contribution < 1.29 is 0 Å². The number of rotatable bonds is 0. The maximum absolute atomic E-state index is 3.32. The molecule has 1 unspecified atom stereocenters. The van der Waals surface area contributed by atoms with E-state index in [1.54, 1.807) is 0 Å². The number of allylic oxidation sites excluding steroid dienone is 1. The van der Waals surface area contributed by atoms with Crippen LogP contribution in [0.2, 0.25) is 0 Å². The van der Waals surface area contributed by atoms with E-state index in [2.05, 4.69) is 17.5 Å². The molecule has 0 radical (unpaired) electrons. The van der Waals surface area contributed by atoms with E-state index in [1.807, 2.05) is 0 Å². The molecular formula is C6H9N. The zero-order chi connectivity index (χ0) is 4.74. The molecule has 0 aromatic heterocycles. The summed E-state index contributed by atoms with van der Waals surface area (Å²) in [6, 6.07) is 0. The molecule has 0 saturated carbocycles. The lowest BCUT2D eigenvalue weighted by Gasteiger charge is -1.93. The van der Waals surface area contributed by atoms with Crippen molar-refractivity contribution in [2.24, 2.45) is 0 Å². The van der Waals surface area contributed by atoms with Gasteiger partial charge in [-0.3, -0.25) is 0 Å². The quantitative estimate of drug-likeness (QED) is 0.347. The molecule has 0 bridgehead atoms. The summed E-state index contributed by atoms with van der Waals surface area (Å²) in [7, 11) is 0. The Hall–Kier alpha value is -0.300. The first kappa shape index (κ1) is 3.67. The van der Waals surface area contributed by atoms with Crippen LogP contribution in [-0.4, -0.2) is 12.1 Å². The van der Waals surface area contributed by atoms with Gasteiger partial charge < -0.3 is 5.32 Å². The lowest BCUT2D eigenvalue weighted by atomic mass is 10.1. The molecule has 2 rings (SSSR count). The minimum Gasteiger partial charge on any atom is -0.305 e. The van der Waals surface area contributed by atoms with Crippen molar-refractivity contribution in [3.8, 4) is 0 Å². The average Bonchev–Trinajstić information content (AvgIpc) is 2.15. The Morgan fingerprint density at radius 2 is 2.43 bits per heavy atom. The molecule has 1 aliphatic carbocycles. The summed E-state index contributed by atoms with van der Waals surface area (Å²) < 4.78 is 0. The van der Waals surface area contributed by atoms with Gasteiger partial charge in [-0.1, -0.05) is 12.2 Å². The van der Waals surface area contributed by atoms with Crippen LogP contribution in [0.4, 0.5) is 0 Å². The second-order valence-electron chi connectivity index (χ2n) is 2.45. The Balaban J connectivity index is 2.22. The van der Waals surface area contributed by atoms with Gasteiger partial charge in [0.05, 0.1) is 0 Å². The Labute approximate surface area is 43.4 Å². The standard InChI is InChI=1S/C6H9N/c1-2-4-6(3-1)5-7-6/h1,3,7H,2,4-5H2. The molecule has 1 fully saturated rings. The molecule has 1 N–H and O–H groups in total. The molecule has 1 nitrogen and oxygen atoms in total. The van der Waals surface area contributed by atoms with Crippen molar-refractivity contribution in [3.05, 3.63) is 12.2 Å².